The molecule has 1 heterocycles. The number of hydrogen-bond acceptors (Lipinski definition) is 3. The highest BCUT2D eigenvalue weighted by Crippen LogP contribution is 2.44. The third kappa shape index (κ3) is 3.78. The third-order valence-corrected chi connectivity index (χ3v) is 6.52. The molecule has 3 rings (SSSR count). The Morgan fingerprint density at radius 1 is 0.769 bits per heavy atom. The number of aromatic nitrogens is 1. The first-order chi connectivity index (χ1) is 12.2. The molecule has 10 heteroatoms. The molecule has 2 aromatic carbocycles. The molecule has 0 atom stereocenters. The molecular weight excluding hydrogens is 483 g/mol. The fraction of sp³-hybridized carbons (Fsp3) is 0. The number of carboxylic acid groups (broad SMARTS) is 1. The highest BCUT2D eigenvalue weighted by molar-refractivity contribution is 7.18. The molecule has 0 aliphatic carbocycles. The average molecular weight is 488 g/mol. The van der Waals surface area contributed by atoms with Crippen LogP contribution >= 0.6 is 80.9 Å². The fourth-order valence-corrected chi connectivity index (χ4v) is 4.65. The number of hydrogen-bond donors (Lipinski definition) is 1. The van der Waals surface area contributed by atoms with E-state index in [1.165, 1.54) is 24.3 Å². The molecule has 0 saturated heterocycles. The van der Waals surface area contributed by atoms with Crippen molar-refractivity contribution in [3.05, 3.63) is 60.1 Å². The number of carboxylic acids is 1. The number of halogens is 6. The highest BCUT2D eigenvalue weighted by Gasteiger charge is 2.23. The predicted octanol–water partition coefficient (Wildman–Crippen LogP) is 8.10. The Balaban J connectivity index is 2.25. The van der Waals surface area contributed by atoms with Gasteiger partial charge >= 0.3 is 5.97 Å². The summed E-state index contributed by atoms with van der Waals surface area (Å²) in [6.07, 6.45) is 0. The second-order valence-corrected chi connectivity index (χ2v) is 8.44. The summed E-state index contributed by atoms with van der Waals surface area (Å²) in [6.45, 7) is 0. The van der Waals surface area contributed by atoms with Crippen LogP contribution in [0.1, 0.15) is 10.5 Å². The summed E-state index contributed by atoms with van der Waals surface area (Å²) < 4.78 is 0. The minimum Gasteiger partial charge on any atom is -0.476 e. The van der Waals surface area contributed by atoms with Gasteiger partial charge in [0.15, 0.2) is 5.69 Å². The van der Waals surface area contributed by atoms with E-state index in [1.54, 1.807) is 0 Å². The molecule has 3 aromatic rings. The second-order valence-electron chi connectivity index (χ2n) is 4.99. The quantitative estimate of drug-likeness (QED) is 0.380. The first kappa shape index (κ1) is 20.0. The first-order valence-corrected chi connectivity index (χ1v) is 9.81. The average Bonchev–Trinajstić information content (AvgIpc) is 2.99. The van der Waals surface area contributed by atoms with Gasteiger partial charge in [-0.25, -0.2) is 9.78 Å². The molecule has 0 unspecified atom stereocenters. The molecule has 1 N–H and O–H groups in total. The second kappa shape index (κ2) is 7.72. The lowest BCUT2D eigenvalue weighted by atomic mass is 10.1. The molecule has 0 amide bonds. The normalized spacial score (nSPS) is 11.0. The summed E-state index contributed by atoms with van der Waals surface area (Å²) in [5, 5.41) is 11.5. The monoisotopic (exact) mass is 485 g/mol. The number of nitrogens with zero attached hydrogens (tertiary/aromatic N) is 1. The topological polar surface area (TPSA) is 50.2 Å². The van der Waals surface area contributed by atoms with Gasteiger partial charge in [0.2, 0.25) is 0 Å². The molecule has 0 aliphatic heterocycles. The molecule has 0 aliphatic rings. The number of aromatic carboxylic acids is 1. The van der Waals surface area contributed by atoms with E-state index in [9.17, 15) is 9.90 Å². The Labute approximate surface area is 182 Å². The molecule has 0 fully saturated rings. The van der Waals surface area contributed by atoms with Gasteiger partial charge in [-0.05, 0) is 24.3 Å². The van der Waals surface area contributed by atoms with Crippen LogP contribution in [0.15, 0.2) is 24.3 Å². The Morgan fingerprint density at radius 3 is 1.77 bits per heavy atom. The summed E-state index contributed by atoms with van der Waals surface area (Å²) in [6, 6.07) is 5.93. The Kier molecular flexibility index (Phi) is 5.95. The van der Waals surface area contributed by atoms with Crippen molar-refractivity contribution in [1.29, 1.82) is 0 Å². The first-order valence-electron chi connectivity index (χ1n) is 6.73. The Bertz CT molecular complexity index is 1050. The minimum atomic E-state index is -1.22. The summed E-state index contributed by atoms with van der Waals surface area (Å²) in [5.74, 6) is -1.22. The van der Waals surface area contributed by atoms with Gasteiger partial charge in [-0.1, -0.05) is 69.6 Å². The molecule has 0 radical (unpaired) electrons. The van der Waals surface area contributed by atoms with E-state index in [1.807, 2.05) is 0 Å². The Hall–Kier alpha value is -0.720. The van der Waals surface area contributed by atoms with Crippen molar-refractivity contribution in [3.8, 4) is 21.0 Å². The molecule has 134 valence electrons. The summed E-state index contributed by atoms with van der Waals surface area (Å²) in [7, 11) is 0. The van der Waals surface area contributed by atoms with Crippen LogP contribution < -0.4 is 0 Å². The van der Waals surface area contributed by atoms with Crippen LogP contribution in [0, 0.1) is 0 Å². The van der Waals surface area contributed by atoms with E-state index < -0.39 is 5.97 Å². The highest BCUT2D eigenvalue weighted by atomic mass is 35.5. The van der Waals surface area contributed by atoms with Gasteiger partial charge in [0.25, 0.3) is 0 Å². The van der Waals surface area contributed by atoms with Gasteiger partial charge in [0.1, 0.15) is 5.01 Å². The van der Waals surface area contributed by atoms with Crippen LogP contribution in [-0.4, -0.2) is 16.1 Å². The number of rotatable bonds is 3. The summed E-state index contributed by atoms with van der Waals surface area (Å²) in [4.78, 5) is 16.2. The molecule has 3 nitrogen and oxygen atoms in total. The van der Waals surface area contributed by atoms with Crippen LogP contribution in [0.4, 0.5) is 0 Å². The van der Waals surface area contributed by atoms with Gasteiger partial charge < -0.3 is 5.11 Å². The lowest BCUT2D eigenvalue weighted by molar-refractivity contribution is 0.0692. The van der Waals surface area contributed by atoms with E-state index in [2.05, 4.69) is 4.98 Å². The van der Waals surface area contributed by atoms with Crippen molar-refractivity contribution in [2.75, 3.05) is 0 Å². The lowest BCUT2D eigenvalue weighted by Crippen LogP contribution is -1.99. The van der Waals surface area contributed by atoms with Gasteiger partial charge in [0.05, 0.1) is 35.0 Å². The largest absolute Gasteiger partial charge is 0.476 e. The minimum absolute atomic E-state index is 0.188. The number of thiazole rings is 1. The van der Waals surface area contributed by atoms with Gasteiger partial charge in [-0.3, -0.25) is 0 Å². The van der Waals surface area contributed by atoms with Crippen LogP contribution in [0.3, 0.4) is 0 Å². The molecule has 26 heavy (non-hydrogen) atoms. The standard InChI is InChI=1S/C16H5Cl6NO2S/c17-7-3-11(21)9(19)1-5(7)14-13(16(24)25)23-15(26-14)6-2-10(20)12(22)4-8(6)18/h1-4H,(H,24,25). The predicted molar refractivity (Wildman–Crippen MR) is 110 cm³/mol. The molecule has 1 aromatic heterocycles. The van der Waals surface area contributed by atoms with Gasteiger partial charge in [0, 0.05) is 11.1 Å². The fourth-order valence-electron chi connectivity index (χ4n) is 2.15. The maximum absolute atomic E-state index is 11.7. The maximum atomic E-state index is 11.7. The summed E-state index contributed by atoms with van der Waals surface area (Å²) in [5.41, 5.74) is 0.668. The summed E-state index contributed by atoms with van der Waals surface area (Å²) >= 11 is 37.5. The molecule has 0 saturated carbocycles. The van der Waals surface area contributed by atoms with Crippen molar-refractivity contribution < 1.29 is 9.90 Å². The number of benzene rings is 2. The van der Waals surface area contributed by atoms with E-state index >= 15 is 0 Å². The zero-order chi connectivity index (χ0) is 19.2. The van der Waals surface area contributed by atoms with E-state index in [4.69, 9.17) is 69.6 Å². The Morgan fingerprint density at radius 2 is 1.23 bits per heavy atom. The smallest absolute Gasteiger partial charge is 0.356 e. The van der Waals surface area contributed by atoms with Crippen molar-refractivity contribution in [2.24, 2.45) is 0 Å². The van der Waals surface area contributed by atoms with Crippen LogP contribution in [0.25, 0.3) is 21.0 Å². The molecular formula is C16H5Cl6NO2S. The third-order valence-electron chi connectivity index (χ3n) is 3.32. The van der Waals surface area contributed by atoms with Gasteiger partial charge in [-0.15, -0.1) is 11.3 Å². The zero-order valence-corrected chi connectivity index (χ0v) is 17.6. The van der Waals surface area contributed by atoms with Crippen molar-refractivity contribution in [3.63, 3.8) is 0 Å². The maximum Gasteiger partial charge on any atom is 0.356 e. The van der Waals surface area contributed by atoms with Crippen molar-refractivity contribution in [2.45, 2.75) is 0 Å². The molecule has 0 bridgehead atoms. The van der Waals surface area contributed by atoms with Crippen LogP contribution in [0.2, 0.25) is 30.1 Å². The van der Waals surface area contributed by atoms with E-state index in [0.29, 0.717) is 21.0 Å². The van der Waals surface area contributed by atoms with Crippen molar-refractivity contribution in [1.82, 2.24) is 4.98 Å². The molecule has 0 spiro atoms. The zero-order valence-electron chi connectivity index (χ0n) is 12.3. The van der Waals surface area contributed by atoms with Gasteiger partial charge in [-0.2, -0.15) is 0 Å². The van der Waals surface area contributed by atoms with Crippen molar-refractivity contribution >= 4 is 86.9 Å². The van der Waals surface area contributed by atoms with Crippen LogP contribution in [0.5, 0.6) is 0 Å². The SMILES string of the molecule is O=C(O)c1nc(-c2cc(Cl)c(Cl)cc2Cl)sc1-c1cc(Cl)c(Cl)cc1Cl. The lowest BCUT2D eigenvalue weighted by Gasteiger charge is -2.05. The van der Waals surface area contributed by atoms with E-state index in [0.717, 1.165) is 11.3 Å². The van der Waals surface area contributed by atoms with Crippen LogP contribution in [-0.2, 0) is 0 Å². The van der Waals surface area contributed by atoms with E-state index in [-0.39, 0.29) is 35.8 Å². The number of carbonyl (C=O) groups is 1.